The van der Waals surface area contributed by atoms with E-state index in [1.165, 1.54) is 43.2 Å². The lowest BCUT2D eigenvalue weighted by atomic mass is 9.94. The smallest absolute Gasteiger partial charge is 0.0190 e. The monoisotopic (exact) mass is 264 g/mol. The fourth-order valence-corrected chi connectivity index (χ4v) is 1.94. The Hall–Kier alpha value is -0.780. The van der Waals surface area contributed by atoms with Crippen molar-refractivity contribution in [2.75, 3.05) is 0 Å². The van der Waals surface area contributed by atoms with Crippen LogP contribution in [0, 0.1) is 6.92 Å². The predicted octanol–water partition coefficient (Wildman–Crippen LogP) is 7.12. The minimum atomic E-state index is 0.724. The van der Waals surface area contributed by atoms with Gasteiger partial charge in [-0.25, -0.2) is 0 Å². The molecule has 0 amide bonds. The second kappa shape index (κ2) is 15.3. The van der Waals surface area contributed by atoms with Crippen LogP contribution in [0.1, 0.15) is 90.7 Å². The van der Waals surface area contributed by atoms with E-state index in [0.717, 1.165) is 5.92 Å². The third-order valence-electron chi connectivity index (χ3n) is 3.14. The van der Waals surface area contributed by atoms with Gasteiger partial charge in [0.1, 0.15) is 0 Å². The van der Waals surface area contributed by atoms with E-state index < -0.39 is 0 Å². The van der Waals surface area contributed by atoms with Crippen LogP contribution in [-0.4, -0.2) is 0 Å². The van der Waals surface area contributed by atoms with E-state index in [1.807, 2.05) is 27.7 Å². The molecular weight excluding hydrogens is 228 g/mol. The second-order valence-corrected chi connectivity index (χ2v) is 4.66. The van der Waals surface area contributed by atoms with E-state index in [9.17, 15) is 0 Å². The summed E-state index contributed by atoms with van der Waals surface area (Å²) < 4.78 is 0. The molecule has 1 aromatic carbocycles. The molecule has 0 N–H and O–H groups in total. The van der Waals surface area contributed by atoms with Crippen molar-refractivity contribution in [2.45, 2.75) is 86.5 Å². The molecule has 0 aliphatic heterocycles. The van der Waals surface area contributed by atoms with E-state index in [1.54, 1.807) is 0 Å². The van der Waals surface area contributed by atoms with Crippen molar-refractivity contribution in [3.63, 3.8) is 0 Å². The number of unbranched alkanes of at least 4 members (excludes halogenated alkanes) is 3. The molecule has 0 spiro atoms. The largest absolute Gasteiger partial charge is 0.0683 e. The summed E-state index contributed by atoms with van der Waals surface area (Å²) >= 11 is 0. The summed E-state index contributed by atoms with van der Waals surface area (Å²) in [6.07, 6.45) is 6.83. The molecule has 0 heterocycles. The summed E-state index contributed by atoms with van der Waals surface area (Å²) in [5.41, 5.74) is 2.86. The summed E-state index contributed by atoms with van der Waals surface area (Å²) in [4.78, 5) is 0. The summed E-state index contributed by atoms with van der Waals surface area (Å²) in [6.45, 7) is 14.8. The van der Waals surface area contributed by atoms with E-state index in [2.05, 4.69) is 45.0 Å². The first-order valence-corrected chi connectivity index (χ1v) is 8.30. The zero-order valence-electron chi connectivity index (χ0n) is 14.4. The zero-order valence-corrected chi connectivity index (χ0v) is 14.4. The minimum absolute atomic E-state index is 0.724. The highest BCUT2D eigenvalue weighted by atomic mass is 14.1. The van der Waals surface area contributed by atoms with Gasteiger partial charge in [-0.2, -0.15) is 0 Å². The first-order chi connectivity index (χ1) is 9.24. The lowest BCUT2D eigenvalue weighted by Crippen LogP contribution is -1.93. The van der Waals surface area contributed by atoms with Crippen molar-refractivity contribution in [1.29, 1.82) is 0 Å². The van der Waals surface area contributed by atoms with Crippen molar-refractivity contribution < 1.29 is 0 Å². The van der Waals surface area contributed by atoms with Crippen molar-refractivity contribution in [1.82, 2.24) is 0 Å². The molecule has 0 aliphatic rings. The Balaban J connectivity index is 0. The van der Waals surface area contributed by atoms with Crippen molar-refractivity contribution >= 4 is 0 Å². The molecule has 0 fully saturated rings. The van der Waals surface area contributed by atoms with Gasteiger partial charge in [-0.1, -0.05) is 97.1 Å². The molecular formula is C19H36. The average Bonchev–Trinajstić information content (AvgIpc) is 2.48. The van der Waals surface area contributed by atoms with Gasteiger partial charge < -0.3 is 0 Å². The van der Waals surface area contributed by atoms with Crippen LogP contribution < -0.4 is 0 Å². The van der Waals surface area contributed by atoms with Crippen LogP contribution in [0.2, 0.25) is 0 Å². The second-order valence-electron chi connectivity index (χ2n) is 4.66. The molecule has 19 heavy (non-hydrogen) atoms. The van der Waals surface area contributed by atoms with Crippen molar-refractivity contribution in [3.8, 4) is 0 Å². The van der Waals surface area contributed by atoms with Gasteiger partial charge in [-0.3, -0.25) is 0 Å². The molecule has 0 saturated heterocycles. The van der Waals surface area contributed by atoms with Gasteiger partial charge in [0.2, 0.25) is 0 Å². The van der Waals surface area contributed by atoms with Gasteiger partial charge in [0, 0.05) is 0 Å². The van der Waals surface area contributed by atoms with Gasteiger partial charge in [0.05, 0.1) is 0 Å². The maximum atomic E-state index is 2.34. The minimum Gasteiger partial charge on any atom is -0.0683 e. The summed E-state index contributed by atoms with van der Waals surface area (Å²) in [7, 11) is 0. The van der Waals surface area contributed by atoms with E-state index in [0.29, 0.717) is 0 Å². The topological polar surface area (TPSA) is 0 Å². The van der Waals surface area contributed by atoms with E-state index in [-0.39, 0.29) is 0 Å². The van der Waals surface area contributed by atoms with Crippen LogP contribution in [0.5, 0.6) is 0 Å². The Morgan fingerprint density at radius 1 is 0.842 bits per heavy atom. The lowest BCUT2D eigenvalue weighted by Gasteiger charge is -2.11. The third-order valence-corrected chi connectivity index (χ3v) is 3.14. The van der Waals surface area contributed by atoms with Gasteiger partial charge in [0.15, 0.2) is 0 Å². The maximum Gasteiger partial charge on any atom is -0.0190 e. The van der Waals surface area contributed by atoms with Crippen LogP contribution in [0.3, 0.4) is 0 Å². The number of aryl methyl sites for hydroxylation is 1. The highest BCUT2D eigenvalue weighted by Gasteiger charge is 2.04. The average molecular weight is 264 g/mol. The molecule has 1 rings (SSSR count). The number of hydrogen-bond acceptors (Lipinski definition) is 0. The molecule has 0 heteroatoms. The standard InChI is InChI=1S/C15H24.2C2H6/c1-4-5-6-7-8-14(3)15-11-9-13(2)10-12-15;2*1-2/h9-12,14H,4-8H2,1-3H3;2*1-2H3. The Bertz CT molecular complexity index is 258. The van der Waals surface area contributed by atoms with E-state index in [4.69, 9.17) is 0 Å². The summed E-state index contributed by atoms with van der Waals surface area (Å²) in [5, 5.41) is 0. The molecule has 0 radical (unpaired) electrons. The SMILES string of the molecule is CC.CC.CCCCCCC(C)c1ccc(C)cc1. The normalized spacial score (nSPS) is 10.7. The quantitative estimate of drug-likeness (QED) is 0.480. The van der Waals surface area contributed by atoms with Gasteiger partial charge in [-0.05, 0) is 24.8 Å². The Labute approximate surface area is 122 Å². The van der Waals surface area contributed by atoms with Crippen LogP contribution in [0.25, 0.3) is 0 Å². The Kier molecular flexibility index (Phi) is 16.5. The molecule has 0 bridgehead atoms. The molecule has 0 saturated carbocycles. The van der Waals surface area contributed by atoms with Crippen LogP contribution in [-0.2, 0) is 0 Å². The van der Waals surface area contributed by atoms with Crippen LogP contribution in [0.4, 0.5) is 0 Å². The van der Waals surface area contributed by atoms with Gasteiger partial charge in [0.25, 0.3) is 0 Å². The Morgan fingerprint density at radius 2 is 1.37 bits per heavy atom. The first kappa shape index (κ1) is 20.5. The van der Waals surface area contributed by atoms with Crippen molar-refractivity contribution in [2.24, 2.45) is 0 Å². The molecule has 1 atom stereocenters. The third kappa shape index (κ3) is 10.8. The summed E-state index contributed by atoms with van der Waals surface area (Å²) in [6, 6.07) is 9.00. The molecule has 0 nitrogen and oxygen atoms in total. The fourth-order valence-electron chi connectivity index (χ4n) is 1.94. The predicted molar refractivity (Wildman–Crippen MR) is 91.0 cm³/mol. The number of benzene rings is 1. The van der Waals surface area contributed by atoms with Crippen LogP contribution >= 0.6 is 0 Å². The van der Waals surface area contributed by atoms with Crippen molar-refractivity contribution in [3.05, 3.63) is 35.4 Å². The number of rotatable bonds is 6. The maximum absolute atomic E-state index is 2.34. The Morgan fingerprint density at radius 3 is 1.84 bits per heavy atom. The van der Waals surface area contributed by atoms with Gasteiger partial charge >= 0.3 is 0 Å². The fraction of sp³-hybridized carbons (Fsp3) is 0.684. The highest BCUT2D eigenvalue weighted by molar-refractivity contribution is 5.23. The van der Waals surface area contributed by atoms with Gasteiger partial charge in [-0.15, -0.1) is 0 Å². The lowest BCUT2D eigenvalue weighted by molar-refractivity contribution is 0.580. The first-order valence-electron chi connectivity index (χ1n) is 8.30. The summed E-state index contributed by atoms with van der Waals surface area (Å²) in [5.74, 6) is 0.724. The number of hydrogen-bond donors (Lipinski definition) is 0. The zero-order chi connectivity index (χ0) is 15.1. The van der Waals surface area contributed by atoms with Crippen LogP contribution in [0.15, 0.2) is 24.3 Å². The molecule has 1 unspecified atom stereocenters. The highest BCUT2D eigenvalue weighted by Crippen LogP contribution is 2.22. The molecule has 0 aromatic heterocycles. The molecule has 1 aromatic rings. The van der Waals surface area contributed by atoms with E-state index >= 15 is 0 Å². The molecule has 0 aliphatic carbocycles. The molecule has 112 valence electrons.